The van der Waals surface area contributed by atoms with Gasteiger partial charge in [-0.3, -0.25) is 4.39 Å². The summed E-state index contributed by atoms with van der Waals surface area (Å²) in [4.78, 5) is 2.35. The van der Waals surface area contributed by atoms with E-state index in [9.17, 15) is 4.39 Å². The zero-order chi connectivity index (χ0) is 12.1. The Bertz CT molecular complexity index is 345. The summed E-state index contributed by atoms with van der Waals surface area (Å²) in [6.07, 6.45) is 3.03. The molecule has 1 unspecified atom stereocenters. The molecule has 0 N–H and O–H groups in total. The Kier molecular flexibility index (Phi) is 5.18. The molecule has 0 amide bonds. The molecule has 0 aromatic carbocycles. The van der Waals surface area contributed by atoms with E-state index in [4.69, 9.17) is 0 Å². The SMILES string of the molecule is CN1CCCC(c2nsnc2SCCCF)C1. The molecule has 0 radical (unpaired) electrons. The molecule has 17 heavy (non-hydrogen) atoms. The maximum absolute atomic E-state index is 12.1. The van der Waals surface area contributed by atoms with E-state index >= 15 is 0 Å². The average molecular weight is 275 g/mol. The van der Waals surface area contributed by atoms with Crippen molar-refractivity contribution in [2.75, 3.05) is 32.6 Å². The molecule has 6 heteroatoms. The van der Waals surface area contributed by atoms with Crippen LogP contribution in [0.1, 0.15) is 30.9 Å². The van der Waals surface area contributed by atoms with Gasteiger partial charge < -0.3 is 4.90 Å². The van der Waals surface area contributed by atoms with Crippen LogP contribution in [0, 0.1) is 0 Å². The first-order valence-electron chi connectivity index (χ1n) is 6.01. The number of likely N-dealkylation sites (tertiary alicyclic amines) is 1. The van der Waals surface area contributed by atoms with Gasteiger partial charge in [0.05, 0.1) is 24.1 Å². The number of alkyl halides is 1. The summed E-state index contributed by atoms with van der Waals surface area (Å²) in [5.41, 5.74) is 1.14. The van der Waals surface area contributed by atoms with Crippen LogP contribution in [0.2, 0.25) is 0 Å². The summed E-state index contributed by atoms with van der Waals surface area (Å²) in [7, 11) is 2.15. The first-order chi connectivity index (χ1) is 8.31. The fraction of sp³-hybridized carbons (Fsp3) is 0.818. The molecule has 0 aliphatic carbocycles. The fourth-order valence-corrected chi connectivity index (χ4v) is 3.86. The molecular formula is C11H18FN3S2. The third-order valence-electron chi connectivity index (χ3n) is 3.01. The Labute approximate surface area is 110 Å². The number of thioether (sulfide) groups is 1. The topological polar surface area (TPSA) is 29.0 Å². The molecule has 1 aromatic rings. The average Bonchev–Trinajstić information content (AvgIpc) is 2.78. The molecule has 0 spiro atoms. The molecule has 2 rings (SSSR count). The van der Waals surface area contributed by atoms with Gasteiger partial charge in [-0.15, -0.1) is 11.8 Å². The number of halogens is 1. The monoisotopic (exact) mass is 275 g/mol. The van der Waals surface area contributed by atoms with Crippen molar-refractivity contribution in [3.8, 4) is 0 Å². The number of aromatic nitrogens is 2. The number of hydrogen-bond donors (Lipinski definition) is 0. The molecule has 0 saturated carbocycles. The van der Waals surface area contributed by atoms with Crippen molar-refractivity contribution in [3.05, 3.63) is 5.69 Å². The van der Waals surface area contributed by atoms with Crippen LogP contribution < -0.4 is 0 Å². The minimum atomic E-state index is -0.244. The van der Waals surface area contributed by atoms with Crippen LogP contribution in [-0.4, -0.2) is 46.2 Å². The summed E-state index contributed by atoms with van der Waals surface area (Å²) in [5, 5.41) is 1.03. The molecule has 1 aromatic heterocycles. The molecule has 1 aliphatic heterocycles. The quantitative estimate of drug-likeness (QED) is 0.610. The van der Waals surface area contributed by atoms with Gasteiger partial charge in [0.2, 0.25) is 0 Å². The lowest BCUT2D eigenvalue weighted by Gasteiger charge is -2.28. The molecule has 96 valence electrons. The maximum atomic E-state index is 12.1. The third-order valence-corrected chi connectivity index (χ3v) is 4.73. The molecule has 1 aliphatic rings. The van der Waals surface area contributed by atoms with Gasteiger partial charge in [-0.1, -0.05) is 0 Å². The second-order valence-corrected chi connectivity index (χ2v) is 6.06. The van der Waals surface area contributed by atoms with Gasteiger partial charge >= 0.3 is 0 Å². The van der Waals surface area contributed by atoms with Crippen molar-refractivity contribution in [2.24, 2.45) is 0 Å². The van der Waals surface area contributed by atoms with Crippen molar-refractivity contribution >= 4 is 23.5 Å². The number of rotatable bonds is 5. The van der Waals surface area contributed by atoms with E-state index in [0.29, 0.717) is 12.3 Å². The van der Waals surface area contributed by atoms with Gasteiger partial charge in [-0.25, -0.2) is 0 Å². The van der Waals surface area contributed by atoms with Crippen molar-refractivity contribution in [1.82, 2.24) is 13.6 Å². The smallest absolute Gasteiger partial charge is 0.134 e. The summed E-state index contributed by atoms with van der Waals surface area (Å²) < 4.78 is 20.9. The van der Waals surface area contributed by atoms with Crippen LogP contribution in [0.15, 0.2) is 5.03 Å². The first kappa shape index (κ1) is 13.2. The zero-order valence-corrected chi connectivity index (χ0v) is 11.7. The van der Waals surface area contributed by atoms with Gasteiger partial charge in [-0.05, 0) is 32.9 Å². The molecule has 3 nitrogen and oxygen atoms in total. The predicted molar refractivity (Wildman–Crippen MR) is 70.7 cm³/mol. The number of piperidine rings is 1. The Hall–Kier alpha value is -0.200. The van der Waals surface area contributed by atoms with Crippen LogP contribution in [0.4, 0.5) is 4.39 Å². The van der Waals surface area contributed by atoms with Gasteiger partial charge in [0, 0.05) is 18.2 Å². The minimum Gasteiger partial charge on any atom is -0.306 e. The van der Waals surface area contributed by atoms with E-state index in [-0.39, 0.29) is 6.67 Å². The van der Waals surface area contributed by atoms with Crippen LogP contribution in [-0.2, 0) is 0 Å². The zero-order valence-electron chi connectivity index (χ0n) is 10.1. The molecule has 1 atom stereocenters. The first-order valence-corrected chi connectivity index (χ1v) is 7.72. The maximum Gasteiger partial charge on any atom is 0.134 e. The Morgan fingerprint density at radius 1 is 1.53 bits per heavy atom. The van der Waals surface area contributed by atoms with Crippen LogP contribution in [0.3, 0.4) is 0 Å². The molecule has 2 heterocycles. The third kappa shape index (κ3) is 3.63. The van der Waals surface area contributed by atoms with E-state index in [0.717, 1.165) is 23.0 Å². The summed E-state index contributed by atoms with van der Waals surface area (Å²) in [6.45, 7) is 2.01. The predicted octanol–water partition coefficient (Wildman–Crippen LogP) is 2.80. The van der Waals surface area contributed by atoms with Crippen molar-refractivity contribution < 1.29 is 4.39 Å². The highest BCUT2D eigenvalue weighted by Gasteiger charge is 2.24. The number of hydrogen-bond acceptors (Lipinski definition) is 5. The molecule has 1 fully saturated rings. The van der Waals surface area contributed by atoms with Crippen molar-refractivity contribution in [3.63, 3.8) is 0 Å². The van der Waals surface area contributed by atoms with Crippen LogP contribution in [0.5, 0.6) is 0 Å². The van der Waals surface area contributed by atoms with E-state index in [1.165, 1.54) is 31.1 Å². The lowest BCUT2D eigenvalue weighted by atomic mass is 9.96. The molecule has 0 bridgehead atoms. The Morgan fingerprint density at radius 2 is 2.41 bits per heavy atom. The number of likely N-dealkylation sites (N-methyl/N-ethyl adjacent to an activating group) is 1. The standard InChI is InChI=1S/C11H18FN3S2/c1-15-6-2-4-9(8-15)10-11(14-17-13-10)16-7-3-5-12/h9H,2-8H2,1H3. The minimum absolute atomic E-state index is 0.244. The van der Waals surface area contributed by atoms with E-state index in [1.807, 2.05) is 0 Å². The van der Waals surface area contributed by atoms with Crippen molar-refractivity contribution in [2.45, 2.75) is 30.2 Å². The highest BCUT2D eigenvalue weighted by atomic mass is 32.2. The van der Waals surface area contributed by atoms with Gasteiger partial charge in [-0.2, -0.15) is 8.75 Å². The lowest BCUT2D eigenvalue weighted by molar-refractivity contribution is 0.247. The molecular weight excluding hydrogens is 257 g/mol. The van der Waals surface area contributed by atoms with E-state index in [1.54, 1.807) is 11.8 Å². The highest BCUT2D eigenvalue weighted by molar-refractivity contribution is 7.99. The van der Waals surface area contributed by atoms with Crippen molar-refractivity contribution in [1.29, 1.82) is 0 Å². The number of nitrogens with zero attached hydrogens (tertiary/aromatic N) is 3. The largest absolute Gasteiger partial charge is 0.306 e. The van der Waals surface area contributed by atoms with Gasteiger partial charge in [0.15, 0.2) is 0 Å². The Morgan fingerprint density at radius 3 is 3.18 bits per heavy atom. The Balaban J connectivity index is 1.97. The van der Waals surface area contributed by atoms with Gasteiger partial charge in [0.1, 0.15) is 5.03 Å². The summed E-state index contributed by atoms with van der Waals surface area (Å²) in [5.74, 6) is 1.32. The van der Waals surface area contributed by atoms with E-state index < -0.39 is 0 Å². The van der Waals surface area contributed by atoms with E-state index in [2.05, 4.69) is 20.7 Å². The second kappa shape index (κ2) is 6.66. The normalized spacial score (nSPS) is 21.9. The molecule has 1 saturated heterocycles. The van der Waals surface area contributed by atoms with Crippen LogP contribution >= 0.6 is 23.5 Å². The highest BCUT2D eigenvalue weighted by Crippen LogP contribution is 2.32. The summed E-state index contributed by atoms with van der Waals surface area (Å²) in [6, 6.07) is 0. The lowest BCUT2D eigenvalue weighted by Crippen LogP contribution is -2.31. The fourth-order valence-electron chi connectivity index (χ4n) is 2.15. The van der Waals surface area contributed by atoms with Gasteiger partial charge in [0.25, 0.3) is 0 Å². The second-order valence-electron chi connectivity index (χ2n) is 4.45. The summed E-state index contributed by atoms with van der Waals surface area (Å²) >= 11 is 2.94. The van der Waals surface area contributed by atoms with Crippen LogP contribution in [0.25, 0.3) is 0 Å².